The first-order chi connectivity index (χ1) is 8.11. The van der Waals surface area contributed by atoms with Crippen molar-refractivity contribution in [3.05, 3.63) is 29.6 Å². The monoisotopic (exact) mass is 238 g/mol. The lowest BCUT2D eigenvalue weighted by Crippen LogP contribution is -2.52. The maximum atomic E-state index is 13.3. The van der Waals surface area contributed by atoms with E-state index in [1.807, 2.05) is 0 Å². The van der Waals surface area contributed by atoms with Gasteiger partial charge in [-0.2, -0.15) is 0 Å². The normalized spacial score (nSPS) is 24.3. The molecule has 0 bridgehead atoms. The van der Waals surface area contributed by atoms with Crippen molar-refractivity contribution in [2.45, 2.75) is 19.0 Å². The summed E-state index contributed by atoms with van der Waals surface area (Å²) >= 11 is 0. The average Bonchev–Trinajstić information content (AvgIpc) is 2.33. The van der Waals surface area contributed by atoms with Crippen LogP contribution in [0.25, 0.3) is 0 Å². The zero-order chi connectivity index (χ0) is 12.4. The molecule has 0 radical (unpaired) electrons. The zero-order valence-corrected chi connectivity index (χ0v) is 9.79. The van der Waals surface area contributed by atoms with Gasteiger partial charge in [-0.25, -0.2) is 4.39 Å². The SMILES string of the molecule is COc1cc(C2CNC(=O)C(C)N2)ccc1F. The molecule has 2 N–H and O–H groups in total. The summed E-state index contributed by atoms with van der Waals surface area (Å²) < 4.78 is 18.2. The zero-order valence-electron chi connectivity index (χ0n) is 9.79. The molecule has 17 heavy (non-hydrogen) atoms. The Bertz CT molecular complexity index is 437. The first kappa shape index (κ1) is 11.9. The fraction of sp³-hybridized carbons (Fsp3) is 0.417. The molecule has 5 heteroatoms. The predicted octanol–water partition coefficient (Wildman–Crippen LogP) is 0.983. The van der Waals surface area contributed by atoms with Crippen LogP contribution in [0.4, 0.5) is 4.39 Å². The standard InChI is InChI=1S/C12H15FN2O2/c1-7-12(16)14-6-10(15-7)8-3-4-9(13)11(5-8)17-2/h3-5,7,10,15H,6H2,1-2H3,(H,14,16). The highest BCUT2D eigenvalue weighted by atomic mass is 19.1. The summed E-state index contributed by atoms with van der Waals surface area (Å²) in [6.07, 6.45) is 0. The van der Waals surface area contributed by atoms with E-state index in [0.717, 1.165) is 5.56 Å². The van der Waals surface area contributed by atoms with Gasteiger partial charge in [-0.1, -0.05) is 6.07 Å². The highest BCUT2D eigenvalue weighted by Crippen LogP contribution is 2.23. The first-order valence-electron chi connectivity index (χ1n) is 5.49. The molecule has 2 rings (SSSR count). The number of benzene rings is 1. The molecule has 1 saturated heterocycles. The maximum Gasteiger partial charge on any atom is 0.236 e. The summed E-state index contributed by atoms with van der Waals surface area (Å²) in [6, 6.07) is 4.45. The van der Waals surface area contributed by atoms with Gasteiger partial charge in [0.1, 0.15) is 0 Å². The molecular formula is C12H15FN2O2. The van der Waals surface area contributed by atoms with Gasteiger partial charge in [0.2, 0.25) is 5.91 Å². The Morgan fingerprint density at radius 2 is 2.24 bits per heavy atom. The van der Waals surface area contributed by atoms with Gasteiger partial charge in [0.25, 0.3) is 0 Å². The van der Waals surface area contributed by atoms with E-state index in [-0.39, 0.29) is 29.6 Å². The second kappa shape index (κ2) is 4.71. The number of ether oxygens (including phenoxy) is 1. The number of amides is 1. The van der Waals surface area contributed by atoms with Gasteiger partial charge < -0.3 is 10.1 Å². The molecular weight excluding hydrogens is 223 g/mol. The highest BCUT2D eigenvalue weighted by Gasteiger charge is 2.25. The van der Waals surface area contributed by atoms with Gasteiger partial charge in [-0.15, -0.1) is 0 Å². The van der Waals surface area contributed by atoms with Crippen LogP contribution in [-0.4, -0.2) is 25.6 Å². The third-order valence-electron chi connectivity index (χ3n) is 2.90. The molecule has 0 aliphatic carbocycles. The highest BCUT2D eigenvalue weighted by molar-refractivity contribution is 5.82. The van der Waals surface area contributed by atoms with E-state index in [2.05, 4.69) is 10.6 Å². The Morgan fingerprint density at radius 1 is 1.47 bits per heavy atom. The second-order valence-corrected chi connectivity index (χ2v) is 4.08. The molecule has 1 amide bonds. The Hall–Kier alpha value is -1.62. The second-order valence-electron chi connectivity index (χ2n) is 4.08. The lowest BCUT2D eigenvalue weighted by atomic mass is 10.0. The molecule has 2 atom stereocenters. The number of methoxy groups -OCH3 is 1. The Balaban J connectivity index is 2.20. The van der Waals surface area contributed by atoms with E-state index in [9.17, 15) is 9.18 Å². The minimum Gasteiger partial charge on any atom is -0.494 e. The molecule has 0 aromatic heterocycles. The fourth-order valence-corrected chi connectivity index (χ4v) is 1.90. The van der Waals surface area contributed by atoms with Crippen LogP contribution in [0.1, 0.15) is 18.5 Å². The van der Waals surface area contributed by atoms with Gasteiger partial charge in [0.15, 0.2) is 11.6 Å². The smallest absolute Gasteiger partial charge is 0.236 e. The molecule has 0 saturated carbocycles. The summed E-state index contributed by atoms with van der Waals surface area (Å²) in [7, 11) is 1.43. The van der Waals surface area contributed by atoms with E-state index in [1.165, 1.54) is 13.2 Å². The molecule has 1 aromatic rings. The molecule has 1 aliphatic heterocycles. The number of halogens is 1. The minimum atomic E-state index is -0.385. The van der Waals surface area contributed by atoms with Gasteiger partial charge in [0, 0.05) is 6.54 Å². The summed E-state index contributed by atoms with van der Waals surface area (Å²) in [6.45, 7) is 2.29. The number of hydrogen-bond acceptors (Lipinski definition) is 3. The third-order valence-corrected chi connectivity index (χ3v) is 2.90. The van der Waals surface area contributed by atoms with Gasteiger partial charge in [-0.3, -0.25) is 10.1 Å². The van der Waals surface area contributed by atoms with Crippen molar-refractivity contribution in [2.24, 2.45) is 0 Å². The van der Waals surface area contributed by atoms with Crippen molar-refractivity contribution >= 4 is 5.91 Å². The van der Waals surface area contributed by atoms with Crippen LogP contribution in [0.3, 0.4) is 0 Å². The van der Waals surface area contributed by atoms with Crippen LogP contribution in [0.5, 0.6) is 5.75 Å². The minimum absolute atomic E-state index is 0.0165. The van der Waals surface area contributed by atoms with Crippen LogP contribution >= 0.6 is 0 Å². The number of nitrogens with one attached hydrogen (secondary N) is 2. The number of piperazine rings is 1. The van der Waals surface area contributed by atoms with Crippen LogP contribution in [0.2, 0.25) is 0 Å². The Labute approximate surface area is 99.2 Å². The number of hydrogen-bond donors (Lipinski definition) is 2. The molecule has 92 valence electrons. The summed E-state index contributed by atoms with van der Waals surface area (Å²) in [5.74, 6) is -0.187. The topological polar surface area (TPSA) is 50.4 Å². The quantitative estimate of drug-likeness (QED) is 0.807. The Kier molecular flexibility index (Phi) is 3.28. The number of carbonyl (C=O) groups is 1. The van der Waals surface area contributed by atoms with E-state index < -0.39 is 0 Å². The van der Waals surface area contributed by atoms with Crippen LogP contribution in [0.15, 0.2) is 18.2 Å². The lowest BCUT2D eigenvalue weighted by molar-refractivity contribution is -0.124. The van der Waals surface area contributed by atoms with E-state index >= 15 is 0 Å². The summed E-state index contributed by atoms with van der Waals surface area (Å²) in [4.78, 5) is 11.3. The maximum absolute atomic E-state index is 13.3. The molecule has 1 heterocycles. The molecule has 2 unspecified atom stereocenters. The van der Waals surface area contributed by atoms with E-state index in [1.54, 1.807) is 19.1 Å². The van der Waals surface area contributed by atoms with Crippen molar-refractivity contribution in [1.82, 2.24) is 10.6 Å². The van der Waals surface area contributed by atoms with Crippen molar-refractivity contribution in [3.63, 3.8) is 0 Å². The third kappa shape index (κ3) is 2.39. The van der Waals surface area contributed by atoms with Crippen molar-refractivity contribution in [1.29, 1.82) is 0 Å². The predicted molar refractivity (Wildman–Crippen MR) is 61.3 cm³/mol. The lowest BCUT2D eigenvalue weighted by Gasteiger charge is -2.29. The van der Waals surface area contributed by atoms with Gasteiger partial charge in [0.05, 0.1) is 19.2 Å². The summed E-state index contributed by atoms with van der Waals surface area (Å²) in [5, 5.41) is 5.96. The molecule has 4 nitrogen and oxygen atoms in total. The average molecular weight is 238 g/mol. The van der Waals surface area contributed by atoms with Crippen molar-refractivity contribution < 1.29 is 13.9 Å². The van der Waals surface area contributed by atoms with Crippen molar-refractivity contribution in [3.8, 4) is 5.75 Å². The van der Waals surface area contributed by atoms with Crippen LogP contribution < -0.4 is 15.4 Å². The van der Waals surface area contributed by atoms with Crippen molar-refractivity contribution in [2.75, 3.05) is 13.7 Å². The first-order valence-corrected chi connectivity index (χ1v) is 5.49. The number of rotatable bonds is 2. The van der Waals surface area contributed by atoms with E-state index in [0.29, 0.717) is 6.54 Å². The Morgan fingerprint density at radius 3 is 2.88 bits per heavy atom. The largest absolute Gasteiger partial charge is 0.494 e. The summed E-state index contributed by atoms with van der Waals surface area (Å²) in [5.41, 5.74) is 0.898. The fourth-order valence-electron chi connectivity index (χ4n) is 1.90. The number of carbonyl (C=O) groups excluding carboxylic acids is 1. The molecule has 1 aliphatic rings. The van der Waals surface area contributed by atoms with Crippen LogP contribution in [-0.2, 0) is 4.79 Å². The molecule has 1 aromatic carbocycles. The van der Waals surface area contributed by atoms with Crippen LogP contribution in [0, 0.1) is 5.82 Å². The van der Waals surface area contributed by atoms with Gasteiger partial charge >= 0.3 is 0 Å². The van der Waals surface area contributed by atoms with Gasteiger partial charge in [-0.05, 0) is 24.6 Å². The molecule has 0 spiro atoms. The van der Waals surface area contributed by atoms with E-state index in [4.69, 9.17) is 4.74 Å². The molecule has 1 fully saturated rings.